The summed E-state index contributed by atoms with van der Waals surface area (Å²) in [5.41, 5.74) is 3.75. The Hall–Kier alpha value is -2.25. The number of ketones is 1. The van der Waals surface area contributed by atoms with Gasteiger partial charge < -0.3 is 15.4 Å². The molecule has 8 rings (SSSR count). The van der Waals surface area contributed by atoms with Crippen molar-refractivity contribution in [2.75, 3.05) is 26.2 Å². The van der Waals surface area contributed by atoms with Crippen molar-refractivity contribution >= 4 is 16.7 Å². The lowest BCUT2D eigenvalue weighted by atomic mass is 9.48. The number of hydrogen-bond acceptors (Lipinski definition) is 5. The molecule has 242 valence electrons. The molecule has 2 saturated heterocycles. The first-order chi connectivity index (χ1) is 22.0. The Labute approximate surface area is 269 Å². The second kappa shape index (κ2) is 12.1. The van der Waals surface area contributed by atoms with E-state index >= 15 is 0 Å². The summed E-state index contributed by atoms with van der Waals surface area (Å²) < 4.78 is 0. The van der Waals surface area contributed by atoms with Crippen LogP contribution in [0.5, 0.6) is 0 Å². The highest BCUT2D eigenvalue weighted by Gasteiger charge is 2.74. The number of aliphatic hydroxyl groups is 1. The number of aromatic amines is 1. The summed E-state index contributed by atoms with van der Waals surface area (Å²) in [6, 6.07) is 9.38. The first-order valence-electron chi connectivity index (χ1n) is 18.4. The molecule has 6 aliphatic rings. The number of nitrogens with one attached hydrogen (secondary N) is 2. The Bertz CT molecular complexity index is 1460. The van der Waals surface area contributed by atoms with Crippen LogP contribution >= 0.6 is 0 Å². The van der Waals surface area contributed by atoms with Crippen LogP contribution in [0.3, 0.4) is 0 Å². The number of piperidine rings is 1. The number of allylic oxidation sites excluding steroid dienone is 4. The molecule has 6 heteroatoms. The summed E-state index contributed by atoms with van der Waals surface area (Å²) in [6.07, 6.45) is 23.3. The van der Waals surface area contributed by atoms with Gasteiger partial charge in [0.2, 0.25) is 0 Å². The van der Waals surface area contributed by atoms with Gasteiger partial charge in [0, 0.05) is 59.5 Å². The normalized spacial score (nSPS) is 40.6. The summed E-state index contributed by atoms with van der Waals surface area (Å²) in [5.74, 6) is 0.770. The second-order valence-corrected chi connectivity index (χ2v) is 15.5. The van der Waals surface area contributed by atoms with E-state index in [4.69, 9.17) is 0 Å². The average Bonchev–Trinajstić information content (AvgIpc) is 3.51. The van der Waals surface area contributed by atoms with Crippen molar-refractivity contribution in [3.8, 4) is 0 Å². The first kappa shape index (κ1) is 30.1. The SMILES string of the molecule is CC(=O)C[C@@H]1C[C@H]2[C@H]([C@@H]3c4[nH]c5ccccc5c4CCN13)[C@H](O)C13CC/C=C\CCCCN1C[C@@]21CC/C=C\CCCCN[C@@H]31. The lowest BCUT2D eigenvalue weighted by Gasteiger charge is -2.64. The summed E-state index contributed by atoms with van der Waals surface area (Å²) in [5, 5.41) is 18.9. The molecular weight excluding hydrogens is 556 g/mol. The number of benzene rings is 1. The zero-order valence-corrected chi connectivity index (χ0v) is 27.4. The van der Waals surface area contributed by atoms with E-state index < -0.39 is 6.10 Å². The molecule has 1 aromatic carbocycles. The highest BCUT2D eigenvalue weighted by molar-refractivity contribution is 5.85. The number of aliphatic hydroxyl groups excluding tert-OH is 1. The van der Waals surface area contributed by atoms with Crippen LogP contribution in [0.1, 0.15) is 101 Å². The van der Waals surface area contributed by atoms with E-state index in [-0.39, 0.29) is 35.0 Å². The van der Waals surface area contributed by atoms with E-state index in [0.717, 1.165) is 71.1 Å². The number of H-pyrrole nitrogens is 1. The van der Waals surface area contributed by atoms with Gasteiger partial charge in [0.1, 0.15) is 5.78 Å². The van der Waals surface area contributed by atoms with Crippen molar-refractivity contribution in [1.29, 1.82) is 0 Å². The van der Waals surface area contributed by atoms with Gasteiger partial charge in [0.15, 0.2) is 0 Å². The van der Waals surface area contributed by atoms with Crippen molar-refractivity contribution in [2.24, 2.45) is 17.3 Å². The van der Waals surface area contributed by atoms with Gasteiger partial charge in [-0.05, 0) is 115 Å². The minimum atomic E-state index is -0.438. The van der Waals surface area contributed by atoms with Gasteiger partial charge in [0.05, 0.1) is 17.7 Å². The fraction of sp³-hybridized carbons (Fsp3) is 0.667. The molecule has 2 bridgehead atoms. The van der Waals surface area contributed by atoms with Gasteiger partial charge in [0.25, 0.3) is 0 Å². The van der Waals surface area contributed by atoms with Crippen molar-refractivity contribution in [3.05, 3.63) is 59.8 Å². The molecule has 1 spiro atoms. The van der Waals surface area contributed by atoms with E-state index in [1.54, 1.807) is 6.92 Å². The van der Waals surface area contributed by atoms with Crippen LogP contribution in [-0.2, 0) is 11.2 Å². The standard InChI is InChI=1S/C39H54N4O2/c1-27(44)24-28-25-31-33(35-34-30(18-23-43(28)35)29-16-10-11-17-32(29)41-34)36(45)39-20-13-7-3-5-9-15-22-42(39)26-38(31)19-12-6-2-4-8-14-21-40-37(38)39/h2-3,6-7,10-11,16-17,28,31,33,35-37,40-41,45H,4-5,8-9,12-15,18-26H2,1H3/b6-2-,7-3-/t28-,31+,33-,35-,36+,37-,38+,39?/m1/s1. The summed E-state index contributed by atoms with van der Waals surface area (Å²) in [4.78, 5) is 22.3. The van der Waals surface area contributed by atoms with Crippen LogP contribution in [0.15, 0.2) is 48.6 Å². The molecule has 6 heterocycles. The molecule has 0 radical (unpaired) electrons. The molecule has 0 amide bonds. The molecule has 1 aromatic heterocycles. The molecule has 5 aliphatic heterocycles. The Morgan fingerprint density at radius 3 is 2.60 bits per heavy atom. The second-order valence-electron chi connectivity index (χ2n) is 15.5. The number of Topliss-reactive ketones (excluding diaryl/α,β-unsaturated/α-hetero) is 1. The molecule has 1 aliphatic carbocycles. The Morgan fingerprint density at radius 1 is 0.978 bits per heavy atom. The van der Waals surface area contributed by atoms with E-state index in [9.17, 15) is 9.90 Å². The molecule has 45 heavy (non-hydrogen) atoms. The minimum Gasteiger partial charge on any atom is -0.391 e. The van der Waals surface area contributed by atoms with Crippen LogP contribution in [0.2, 0.25) is 0 Å². The fourth-order valence-corrected chi connectivity index (χ4v) is 11.6. The van der Waals surface area contributed by atoms with Crippen LogP contribution < -0.4 is 5.32 Å². The van der Waals surface area contributed by atoms with Crippen LogP contribution in [-0.4, -0.2) is 75.6 Å². The summed E-state index contributed by atoms with van der Waals surface area (Å²) in [6.45, 7) is 5.91. The van der Waals surface area contributed by atoms with Crippen molar-refractivity contribution < 1.29 is 9.90 Å². The third-order valence-corrected chi connectivity index (χ3v) is 13.2. The maximum atomic E-state index is 13.3. The number of nitrogens with zero attached hydrogens (tertiary/aromatic N) is 2. The molecular formula is C39H54N4O2. The minimum absolute atomic E-state index is 0.0566. The molecule has 1 unspecified atom stereocenters. The predicted octanol–water partition coefficient (Wildman–Crippen LogP) is 6.47. The van der Waals surface area contributed by atoms with Gasteiger partial charge >= 0.3 is 0 Å². The van der Waals surface area contributed by atoms with Crippen LogP contribution in [0.4, 0.5) is 0 Å². The number of para-hydroxylation sites is 1. The van der Waals surface area contributed by atoms with Crippen LogP contribution in [0, 0.1) is 17.3 Å². The maximum Gasteiger partial charge on any atom is 0.131 e. The van der Waals surface area contributed by atoms with E-state index in [1.807, 2.05) is 0 Å². The number of carbonyl (C=O) groups is 1. The van der Waals surface area contributed by atoms with E-state index in [2.05, 4.69) is 68.7 Å². The molecule has 6 nitrogen and oxygen atoms in total. The third-order valence-electron chi connectivity index (χ3n) is 13.2. The molecule has 1 saturated carbocycles. The molecule has 3 fully saturated rings. The Morgan fingerprint density at radius 2 is 1.76 bits per heavy atom. The lowest BCUT2D eigenvalue weighted by Crippen LogP contribution is -2.74. The highest BCUT2D eigenvalue weighted by Crippen LogP contribution is 2.66. The summed E-state index contributed by atoms with van der Waals surface area (Å²) >= 11 is 0. The monoisotopic (exact) mass is 610 g/mol. The van der Waals surface area contributed by atoms with E-state index in [1.165, 1.54) is 54.3 Å². The number of rotatable bonds is 2. The van der Waals surface area contributed by atoms with Gasteiger partial charge in [-0.3, -0.25) is 14.6 Å². The van der Waals surface area contributed by atoms with Gasteiger partial charge in [-0.1, -0.05) is 42.5 Å². The lowest BCUT2D eigenvalue weighted by molar-refractivity contribution is -0.174. The average molecular weight is 611 g/mol. The van der Waals surface area contributed by atoms with Gasteiger partial charge in [-0.2, -0.15) is 0 Å². The predicted molar refractivity (Wildman–Crippen MR) is 181 cm³/mol. The molecule has 8 atom stereocenters. The number of aromatic nitrogens is 1. The number of hydrogen-bond donors (Lipinski definition) is 3. The molecule has 2 aromatic rings. The highest BCUT2D eigenvalue weighted by atomic mass is 16.3. The van der Waals surface area contributed by atoms with Crippen molar-refractivity contribution in [2.45, 2.75) is 120 Å². The Balaban J connectivity index is 1.33. The van der Waals surface area contributed by atoms with E-state index in [0.29, 0.717) is 18.1 Å². The maximum absolute atomic E-state index is 13.3. The van der Waals surface area contributed by atoms with Crippen molar-refractivity contribution in [1.82, 2.24) is 20.1 Å². The Kier molecular flexibility index (Phi) is 8.08. The fourth-order valence-electron chi connectivity index (χ4n) is 11.6. The van der Waals surface area contributed by atoms with Gasteiger partial charge in [-0.15, -0.1) is 0 Å². The topological polar surface area (TPSA) is 71.6 Å². The molecule has 3 N–H and O–H groups in total. The third kappa shape index (κ3) is 4.76. The smallest absolute Gasteiger partial charge is 0.131 e. The zero-order valence-electron chi connectivity index (χ0n) is 27.4. The first-order valence-corrected chi connectivity index (χ1v) is 18.4. The van der Waals surface area contributed by atoms with Gasteiger partial charge in [-0.25, -0.2) is 0 Å². The van der Waals surface area contributed by atoms with Crippen LogP contribution in [0.25, 0.3) is 10.9 Å². The quantitative estimate of drug-likeness (QED) is 0.340. The number of fused-ring (bicyclic) bond motifs is 7. The largest absolute Gasteiger partial charge is 0.391 e. The number of carbonyl (C=O) groups excluding carboxylic acids is 1. The van der Waals surface area contributed by atoms with Crippen molar-refractivity contribution in [3.63, 3.8) is 0 Å². The summed E-state index contributed by atoms with van der Waals surface area (Å²) in [7, 11) is 0. The zero-order chi connectivity index (χ0) is 30.6.